The molecule has 0 spiro atoms. The maximum atomic E-state index is 5.37. The molecule has 0 aliphatic carbocycles. The van der Waals surface area contributed by atoms with Crippen molar-refractivity contribution in [3.8, 4) is 23.0 Å². The minimum absolute atomic E-state index is 0.696. The van der Waals surface area contributed by atoms with E-state index in [0.29, 0.717) is 5.82 Å². The van der Waals surface area contributed by atoms with E-state index in [9.17, 15) is 0 Å². The predicted octanol–water partition coefficient (Wildman–Crippen LogP) is 2.16. The largest absolute Gasteiger partial charge is 0.494 e. The number of aryl methyl sites for hydroxylation is 1. The van der Waals surface area contributed by atoms with Gasteiger partial charge in [0.1, 0.15) is 23.5 Å². The maximum Gasteiger partial charge on any atom is 0.183 e. The molecule has 0 unspecified atom stereocenters. The van der Waals surface area contributed by atoms with Crippen molar-refractivity contribution < 1.29 is 4.74 Å². The number of aromatic nitrogens is 5. The van der Waals surface area contributed by atoms with Crippen LogP contribution in [0, 0.1) is 0 Å². The molecule has 6 nitrogen and oxygen atoms in total. The highest BCUT2D eigenvalue weighted by Gasteiger charge is 2.14. The highest BCUT2D eigenvalue weighted by Crippen LogP contribution is 2.25. The minimum atomic E-state index is 0.696. The topological polar surface area (TPSA) is 57.8 Å². The Kier molecular flexibility index (Phi) is 3.20. The van der Waals surface area contributed by atoms with Gasteiger partial charge in [0, 0.05) is 12.7 Å². The lowest BCUT2D eigenvalue weighted by atomic mass is 10.3. The summed E-state index contributed by atoms with van der Waals surface area (Å²) in [5, 5.41) is 8.75. The Bertz CT molecular complexity index is 716. The van der Waals surface area contributed by atoms with Crippen molar-refractivity contribution in [2.75, 3.05) is 7.11 Å². The molecule has 0 aliphatic heterocycles. The molecule has 2 heterocycles. The molecule has 2 aromatic heterocycles. The van der Waals surface area contributed by atoms with Crippen molar-refractivity contribution in [1.82, 2.24) is 24.5 Å². The van der Waals surface area contributed by atoms with Gasteiger partial charge in [0.15, 0.2) is 5.82 Å². The lowest BCUT2D eigenvalue weighted by Gasteiger charge is -2.09. The summed E-state index contributed by atoms with van der Waals surface area (Å²) < 4.78 is 8.97. The van der Waals surface area contributed by atoms with E-state index in [1.165, 1.54) is 6.33 Å². The SMILES string of the molecule is CCn1ccc(-c2ncnn2-c2ccccc2OC)n1. The molecule has 3 aromatic rings. The van der Waals surface area contributed by atoms with Gasteiger partial charge >= 0.3 is 0 Å². The zero-order chi connectivity index (χ0) is 13.9. The van der Waals surface area contributed by atoms with Gasteiger partial charge in [-0.05, 0) is 25.1 Å². The van der Waals surface area contributed by atoms with E-state index < -0.39 is 0 Å². The first-order chi connectivity index (χ1) is 9.83. The van der Waals surface area contributed by atoms with Gasteiger partial charge in [-0.15, -0.1) is 0 Å². The fourth-order valence-electron chi connectivity index (χ4n) is 2.05. The Morgan fingerprint density at radius 3 is 2.80 bits per heavy atom. The number of methoxy groups -OCH3 is 1. The second kappa shape index (κ2) is 5.16. The van der Waals surface area contributed by atoms with Crippen LogP contribution in [0.3, 0.4) is 0 Å². The summed E-state index contributed by atoms with van der Waals surface area (Å²) >= 11 is 0. The first-order valence-corrected chi connectivity index (χ1v) is 6.40. The van der Waals surface area contributed by atoms with E-state index in [2.05, 4.69) is 15.2 Å². The quantitative estimate of drug-likeness (QED) is 0.728. The first-order valence-electron chi connectivity index (χ1n) is 6.40. The Morgan fingerprint density at radius 1 is 1.20 bits per heavy atom. The van der Waals surface area contributed by atoms with Crippen LogP contribution < -0.4 is 4.74 Å². The molecule has 0 N–H and O–H groups in total. The molecule has 0 radical (unpaired) electrons. The normalized spacial score (nSPS) is 10.7. The third-order valence-corrected chi connectivity index (χ3v) is 3.05. The van der Waals surface area contributed by atoms with Crippen molar-refractivity contribution in [1.29, 1.82) is 0 Å². The third kappa shape index (κ3) is 2.05. The average molecular weight is 269 g/mol. The van der Waals surface area contributed by atoms with E-state index in [0.717, 1.165) is 23.7 Å². The van der Waals surface area contributed by atoms with Gasteiger partial charge in [0.2, 0.25) is 0 Å². The molecule has 0 aliphatic rings. The molecule has 0 saturated carbocycles. The second-order valence-corrected chi connectivity index (χ2v) is 4.22. The van der Waals surface area contributed by atoms with Crippen LogP contribution in [-0.4, -0.2) is 31.7 Å². The van der Waals surface area contributed by atoms with E-state index in [1.54, 1.807) is 11.8 Å². The molecular formula is C14H15N5O. The van der Waals surface area contributed by atoms with Gasteiger partial charge < -0.3 is 4.74 Å². The molecule has 0 bridgehead atoms. The van der Waals surface area contributed by atoms with Crippen molar-refractivity contribution in [3.63, 3.8) is 0 Å². The van der Waals surface area contributed by atoms with Crippen LogP contribution in [0.2, 0.25) is 0 Å². The van der Waals surface area contributed by atoms with Crippen molar-refractivity contribution in [2.24, 2.45) is 0 Å². The van der Waals surface area contributed by atoms with E-state index in [1.807, 2.05) is 48.1 Å². The summed E-state index contributed by atoms with van der Waals surface area (Å²) in [4.78, 5) is 4.31. The number of nitrogens with zero attached hydrogens (tertiary/aromatic N) is 5. The van der Waals surface area contributed by atoms with Crippen molar-refractivity contribution in [3.05, 3.63) is 42.9 Å². The fraction of sp³-hybridized carbons (Fsp3) is 0.214. The maximum absolute atomic E-state index is 5.37. The molecule has 0 fully saturated rings. The highest BCUT2D eigenvalue weighted by molar-refractivity contribution is 5.56. The number of ether oxygens (including phenoxy) is 1. The lowest BCUT2D eigenvalue weighted by molar-refractivity contribution is 0.412. The predicted molar refractivity (Wildman–Crippen MR) is 74.8 cm³/mol. The number of para-hydroxylation sites is 2. The summed E-state index contributed by atoms with van der Waals surface area (Å²) in [7, 11) is 1.64. The molecule has 6 heteroatoms. The van der Waals surface area contributed by atoms with Crippen LogP contribution >= 0.6 is 0 Å². The number of hydrogen-bond acceptors (Lipinski definition) is 4. The van der Waals surface area contributed by atoms with Gasteiger partial charge in [-0.1, -0.05) is 12.1 Å². The number of rotatable bonds is 4. The van der Waals surface area contributed by atoms with Gasteiger partial charge in [-0.3, -0.25) is 4.68 Å². The monoisotopic (exact) mass is 269 g/mol. The summed E-state index contributed by atoms with van der Waals surface area (Å²) in [6.45, 7) is 2.87. The van der Waals surface area contributed by atoms with Crippen LogP contribution in [0.1, 0.15) is 6.92 Å². The summed E-state index contributed by atoms with van der Waals surface area (Å²) in [6, 6.07) is 9.62. The fourth-order valence-corrected chi connectivity index (χ4v) is 2.05. The number of hydrogen-bond donors (Lipinski definition) is 0. The van der Waals surface area contributed by atoms with E-state index in [4.69, 9.17) is 4.74 Å². The van der Waals surface area contributed by atoms with Gasteiger partial charge in [0.05, 0.1) is 7.11 Å². The molecule has 0 atom stereocenters. The van der Waals surface area contributed by atoms with Gasteiger partial charge in [0.25, 0.3) is 0 Å². The van der Waals surface area contributed by atoms with E-state index >= 15 is 0 Å². The average Bonchev–Trinajstić information content (AvgIpc) is 3.15. The van der Waals surface area contributed by atoms with Crippen molar-refractivity contribution >= 4 is 0 Å². The van der Waals surface area contributed by atoms with Crippen LogP contribution in [0.4, 0.5) is 0 Å². The zero-order valence-corrected chi connectivity index (χ0v) is 11.4. The first kappa shape index (κ1) is 12.4. The summed E-state index contributed by atoms with van der Waals surface area (Å²) in [5.41, 5.74) is 1.63. The Labute approximate surface area is 116 Å². The Morgan fingerprint density at radius 2 is 2.05 bits per heavy atom. The summed E-state index contributed by atoms with van der Waals surface area (Å²) in [6.07, 6.45) is 3.45. The lowest BCUT2D eigenvalue weighted by Crippen LogP contribution is -2.03. The molecule has 0 saturated heterocycles. The second-order valence-electron chi connectivity index (χ2n) is 4.22. The van der Waals surface area contributed by atoms with Gasteiger partial charge in [-0.2, -0.15) is 10.2 Å². The molecule has 1 aromatic carbocycles. The molecular weight excluding hydrogens is 254 g/mol. The van der Waals surface area contributed by atoms with Crippen LogP contribution in [-0.2, 0) is 6.54 Å². The van der Waals surface area contributed by atoms with E-state index in [-0.39, 0.29) is 0 Å². The molecule has 102 valence electrons. The van der Waals surface area contributed by atoms with Crippen LogP contribution in [0.25, 0.3) is 17.2 Å². The van der Waals surface area contributed by atoms with Gasteiger partial charge in [-0.25, -0.2) is 9.67 Å². The summed E-state index contributed by atoms with van der Waals surface area (Å²) in [5.74, 6) is 1.44. The standard InChI is InChI=1S/C14H15N5O/c1-3-18-9-8-11(17-18)14-15-10-16-19(14)12-6-4-5-7-13(12)20-2/h4-10H,3H2,1-2H3. The molecule has 0 amide bonds. The Hall–Kier alpha value is -2.63. The minimum Gasteiger partial charge on any atom is -0.494 e. The highest BCUT2D eigenvalue weighted by atomic mass is 16.5. The smallest absolute Gasteiger partial charge is 0.183 e. The molecule has 3 rings (SSSR count). The van der Waals surface area contributed by atoms with Crippen LogP contribution in [0.15, 0.2) is 42.9 Å². The Balaban J connectivity index is 2.10. The van der Waals surface area contributed by atoms with Crippen LogP contribution in [0.5, 0.6) is 5.75 Å². The van der Waals surface area contributed by atoms with Crippen molar-refractivity contribution in [2.45, 2.75) is 13.5 Å². The zero-order valence-electron chi connectivity index (χ0n) is 11.4. The molecule has 20 heavy (non-hydrogen) atoms. The third-order valence-electron chi connectivity index (χ3n) is 3.05. The number of benzene rings is 1.